The fourth-order valence-electron chi connectivity index (χ4n) is 1.78. The molecule has 0 amide bonds. The molecule has 2 N–H and O–H groups in total. The van der Waals surface area contributed by atoms with Crippen LogP contribution in [0.3, 0.4) is 0 Å². The number of hydrogen-bond donors (Lipinski definition) is 2. The summed E-state index contributed by atoms with van der Waals surface area (Å²) in [7, 11) is -3.71. The van der Waals surface area contributed by atoms with Gasteiger partial charge in [-0.1, -0.05) is 6.92 Å². The molecule has 0 saturated heterocycles. The summed E-state index contributed by atoms with van der Waals surface area (Å²) >= 11 is 0. The molecule has 0 bridgehead atoms. The van der Waals surface area contributed by atoms with Crippen LogP contribution in [0.25, 0.3) is 0 Å². The zero-order valence-electron chi connectivity index (χ0n) is 11.6. The van der Waals surface area contributed by atoms with Crippen molar-refractivity contribution in [3.05, 3.63) is 53.7 Å². The quantitative estimate of drug-likeness (QED) is 0.820. The van der Waals surface area contributed by atoms with Gasteiger partial charge in [-0.05, 0) is 36.9 Å². The molecular weight excluding hydrogens is 295 g/mol. The maximum Gasteiger partial charge on any atom is 0.240 e. The molecule has 0 radical (unpaired) electrons. The highest BCUT2D eigenvalue weighted by Crippen LogP contribution is 2.15. The Morgan fingerprint density at radius 2 is 2.05 bits per heavy atom. The number of furan rings is 1. The standard InChI is InChI=1S/C14H17FN2O3S/c1-2-16-9-11-8-13(5-6-14(11)15)21(18,19)17-10-12-4-3-7-20-12/h3-8,16-17H,2,9-10H2,1H3. The molecule has 0 aliphatic heterocycles. The Hall–Kier alpha value is -1.70. The van der Waals surface area contributed by atoms with Crippen LogP contribution in [0.2, 0.25) is 0 Å². The molecule has 0 fully saturated rings. The molecule has 5 nitrogen and oxygen atoms in total. The lowest BCUT2D eigenvalue weighted by molar-refractivity contribution is 0.498. The lowest BCUT2D eigenvalue weighted by atomic mass is 10.2. The van der Waals surface area contributed by atoms with Gasteiger partial charge in [0, 0.05) is 12.1 Å². The van der Waals surface area contributed by atoms with Crippen molar-refractivity contribution in [1.82, 2.24) is 10.0 Å². The topological polar surface area (TPSA) is 71.3 Å². The smallest absolute Gasteiger partial charge is 0.240 e. The Balaban J connectivity index is 2.15. The Kier molecular flexibility index (Phi) is 5.11. The van der Waals surface area contributed by atoms with E-state index in [4.69, 9.17) is 4.42 Å². The average molecular weight is 312 g/mol. The highest BCUT2D eigenvalue weighted by Gasteiger charge is 2.16. The Labute approximate surface area is 123 Å². The van der Waals surface area contributed by atoms with Crippen LogP contribution < -0.4 is 10.0 Å². The molecule has 0 aliphatic carbocycles. The van der Waals surface area contributed by atoms with Gasteiger partial charge in [0.15, 0.2) is 0 Å². The summed E-state index contributed by atoms with van der Waals surface area (Å²) in [6, 6.07) is 7.09. The van der Waals surface area contributed by atoms with Gasteiger partial charge >= 0.3 is 0 Å². The van der Waals surface area contributed by atoms with Crippen LogP contribution in [0.4, 0.5) is 4.39 Å². The van der Waals surface area contributed by atoms with E-state index < -0.39 is 15.8 Å². The normalized spacial score (nSPS) is 11.7. The number of halogens is 1. The van der Waals surface area contributed by atoms with Crippen LogP contribution in [-0.4, -0.2) is 15.0 Å². The zero-order valence-corrected chi connectivity index (χ0v) is 12.4. The highest BCUT2D eigenvalue weighted by molar-refractivity contribution is 7.89. The number of hydrogen-bond acceptors (Lipinski definition) is 4. The molecule has 114 valence electrons. The van der Waals surface area contributed by atoms with E-state index in [2.05, 4.69) is 10.0 Å². The van der Waals surface area contributed by atoms with Crippen LogP contribution in [0.1, 0.15) is 18.2 Å². The third kappa shape index (κ3) is 4.13. The molecule has 0 saturated carbocycles. The first-order valence-corrected chi connectivity index (χ1v) is 8.02. The van der Waals surface area contributed by atoms with Gasteiger partial charge in [-0.25, -0.2) is 17.5 Å². The fraction of sp³-hybridized carbons (Fsp3) is 0.286. The molecule has 0 aliphatic rings. The van der Waals surface area contributed by atoms with Gasteiger partial charge in [-0.2, -0.15) is 0 Å². The van der Waals surface area contributed by atoms with Crippen molar-refractivity contribution < 1.29 is 17.2 Å². The minimum atomic E-state index is -3.71. The van der Waals surface area contributed by atoms with Crippen LogP contribution in [0.5, 0.6) is 0 Å². The second-order valence-electron chi connectivity index (χ2n) is 4.44. The van der Waals surface area contributed by atoms with E-state index in [9.17, 15) is 12.8 Å². The van der Waals surface area contributed by atoms with Crippen molar-refractivity contribution in [3.63, 3.8) is 0 Å². The summed E-state index contributed by atoms with van der Waals surface area (Å²) in [5, 5.41) is 2.97. The zero-order chi connectivity index (χ0) is 15.3. The Morgan fingerprint density at radius 1 is 1.24 bits per heavy atom. The largest absolute Gasteiger partial charge is 0.468 e. The summed E-state index contributed by atoms with van der Waals surface area (Å²) in [6.45, 7) is 2.90. The number of sulfonamides is 1. The molecule has 0 unspecified atom stereocenters. The maximum absolute atomic E-state index is 13.6. The van der Waals surface area contributed by atoms with Crippen molar-refractivity contribution in [1.29, 1.82) is 0 Å². The van der Waals surface area contributed by atoms with E-state index in [0.29, 0.717) is 17.9 Å². The second kappa shape index (κ2) is 6.84. The Morgan fingerprint density at radius 3 is 2.71 bits per heavy atom. The van der Waals surface area contributed by atoms with Gasteiger partial charge in [0.25, 0.3) is 0 Å². The number of rotatable bonds is 7. The molecular formula is C14H17FN2O3S. The van der Waals surface area contributed by atoms with E-state index in [0.717, 1.165) is 6.07 Å². The van der Waals surface area contributed by atoms with Gasteiger partial charge in [-0.3, -0.25) is 0 Å². The van der Waals surface area contributed by atoms with Crippen molar-refractivity contribution >= 4 is 10.0 Å². The van der Waals surface area contributed by atoms with Crippen LogP contribution in [0.15, 0.2) is 45.9 Å². The minimum absolute atomic E-state index is 0.0309. The molecule has 7 heteroatoms. The average Bonchev–Trinajstić information content (AvgIpc) is 2.97. The third-order valence-corrected chi connectivity index (χ3v) is 4.31. The molecule has 0 atom stereocenters. The van der Waals surface area contributed by atoms with Crippen molar-refractivity contribution in [3.8, 4) is 0 Å². The molecule has 0 spiro atoms. The molecule has 1 aromatic carbocycles. The number of benzene rings is 1. The summed E-state index contributed by atoms with van der Waals surface area (Å²) in [5.74, 6) is 0.0782. The van der Waals surface area contributed by atoms with Gasteiger partial charge < -0.3 is 9.73 Å². The van der Waals surface area contributed by atoms with Gasteiger partial charge in [0.05, 0.1) is 17.7 Å². The Bertz CT molecular complexity index is 684. The van der Waals surface area contributed by atoms with Crippen molar-refractivity contribution in [2.24, 2.45) is 0 Å². The minimum Gasteiger partial charge on any atom is -0.468 e. The van der Waals surface area contributed by atoms with Gasteiger partial charge in [0.1, 0.15) is 11.6 Å². The predicted molar refractivity (Wildman–Crippen MR) is 76.5 cm³/mol. The molecule has 2 rings (SSSR count). The lowest BCUT2D eigenvalue weighted by Crippen LogP contribution is -2.23. The molecule has 1 aromatic heterocycles. The first-order valence-electron chi connectivity index (χ1n) is 6.54. The van der Waals surface area contributed by atoms with Crippen LogP contribution in [0, 0.1) is 5.82 Å². The van der Waals surface area contributed by atoms with Crippen molar-refractivity contribution in [2.75, 3.05) is 6.54 Å². The van der Waals surface area contributed by atoms with E-state index in [1.807, 2.05) is 6.92 Å². The summed E-state index contributed by atoms with van der Waals surface area (Å²) in [4.78, 5) is 0.0309. The van der Waals surface area contributed by atoms with E-state index in [1.54, 1.807) is 12.1 Å². The van der Waals surface area contributed by atoms with E-state index in [1.165, 1.54) is 18.4 Å². The second-order valence-corrected chi connectivity index (χ2v) is 6.20. The monoisotopic (exact) mass is 312 g/mol. The molecule has 21 heavy (non-hydrogen) atoms. The SMILES string of the molecule is CCNCc1cc(S(=O)(=O)NCc2ccco2)ccc1F. The third-order valence-electron chi connectivity index (χ3n) is 2.91. The maximum atomic E-state index is 13.6. The first-order chi connectivity index (χ1) is 10.0. The molecule has 2 aromatic rings. The highest BCUT2D eigenvalue weighted by atomic mass is 32.2. The van der Waals surface area contributed by atoms with Crippen molar-refractivity contribution in [2.45, 2.75) is 24.9 Å². The van der Waals surface area contributed by atoms with E-state index in [-0.39, 0.29) is 18.0 Å². The summed E-state index contributed by atoms with van der Waals surface area (Å²) < 4.78 is 45.4. The van der Waals surface area contributed by atoms with Gasteiger partial charge in [0.2, 0.25) is 10.0 Å². The molecule has 1 heterocycles. The summed E-state index contributed by atoms with van der Waals surface area (Å²) in [5.41, 5.74) is 0.317. The van der Waals surface area contributed by atoms with Gasteiger partial charge in [-0.15, -0.1) is 0 Å². The fourth-order valence-corrected chi connectivity index (χ4v) is 2.82. The number of nitrogens with one attached hydrogen (secondary N) is 2. The first kappa shape index (κ1) is 15.7. The van der Waals surface area contributed by atoms with Crippen LogP contribution >= 0.6 is 0 Å². The lowest BCUT2D eigenvalue weighted by Gasteiger charge is -2.09. The van der Waals surface area contributed by atoms with E-state index >= 15 is 0 Å². The van der Waals surface area contributed by atoms with Crippen LogP contribution in [-0.2, 0) is 23.1 Å². The summed E-state index contributed by atoms with van der Waals surface area (Å²) in [6.07, 6.45) is 1.47. The predicted octanol–water partition coefficient (Wildman–Crippen LogP) is 2.01.